The second-order valence-corrected chi connectivity index (χ2v) is 6.46. The topological polar surface area (TPSA) is 98.9 Å². The molecule has 3 rings (SSSR count). The molecule has 1 aliphatic heterocycles. The Labute approximate surface area is 175 Å². The number of fused-ring (bicyclic) bond motifs is 1. The molecular formula is C21H23ClN2O5. The first-order valence-electron chi connectivity index (χ1n) is 9.09. The number of halogens is 1. The molecule has 0 spiro atoms. The molecule has 7 nitrogen and oxygen atoms in total. The van der Waals surface area contributed by atoms with Crippen molar-refractivity contribution in [3.63, 3.8) is 0 Å². The van der Waals surface area contributed by atoms with Gasteiger partial charge in [-0.2, -0.15) is 0 Å². The van der Waals surface area contributed by atoms with Crippen molar-refractivity contribution >= 4 is 35.9 Å². The Morgan fingerprint density at radius 3 is 2.28 bits per heavy atom. The minimum Gasteiger partial charge on any atom is -0.493 e. The summed E-state index contributed by atoms with van der Waals surface area (Å²) in [6.07, 6.45) is 2.17. The van der Waals surface area contributed by atoms with E-state index in [0.29, 0.717) is 48.6 Å². The molecule has 0 aliphatic carbocycles. The second-order valence-electron chi connectivity index (χ2n) is 6.46. The number of ether oxygens (including phenoxy) is 2. The van der Waals surface area contributed by atoms with Gasteiger partial charge in [0.25, 0.3) is 11.8 Å². The maximum Gasteiger partial charge on any atom is 0.341 e. The molecule has 0 radical (unpaired) electrons. The zero-order valence-corrected chi connectivity index (χ0v) is 16.9. The van der Waals surface area contributed by atoms with Crippen LogP contribution in [0.4, 0.5) is 5.69 Å². The Hall–Kier alpha value is -3.06. The van der Waals surface area contributed by atoms with E-state index in [2.05, 4.69) is 0 Å². The van der Waals surface area contributed by atoms with Gasteiger partial charge in [-0.1, -0.05) is 12.1 Å². The Kier molecular flexibility index (Phi) is 7.61. The van der Waals surface area contributed by atoms with Gasteiger partial charge in [-0.25, -0.2) is 4.79 Å². The van der Waals surface area contributed by atoms with Crippen LogP contribution in [0.15, 0.2) is 42.5 Å². The summed E-state index contributed by atoms with van der Waals surface area (Å²) in [5.74, 6) is -0.558. The van der Waals surface area contributed by atoms with Crippen molar-refractivity contribution in [1.82, 2.24) is 4.90 Å². The van der Waals surface area contributed by atoms with Crippen LogP contribution in [0.25, 0.3) is 0 Å². The Bertz CT molecular complexity index is 881. The van der Waals surface area contributed by atoms with Crippen LogP contribution >= 0.6 is 12.4 Å². The molecule has 0 aromatic heterocycles. The average molecular weight is 419 g/mol. The van der Waals surface area contributed by atoms with Gasteiger partial charge >= 0.3 is 5.97 Å². The number of hydrogen-bond donors (Lipinski definition) is 1. The smallest absolute Gasteiger partial charge is 0.341 e. The second kappa shape index (κ2) is 9.93. The predicted molar refractivity (Wildman–Crippen MR) is 111 cm³/mol. The van der Waals surface area contributed by atoms with E-state index in [1.807, 2.05) is 0 Å². The number of anilines is 1. The number of hydrogen-bond acceptors (Lipinski definition) is 6. The molecule has 1 aliphatic rings. The first-order chi connectivity index (χ1) is 13.5. The van der Waals surface area contributed by atoms with Gasteiger partial charge in [0.1, 0.15) is 11.3 Å². The first kappa shape index (κ1) is 22.2. The Morgan fingerprint density at radius 2 is 1.66 bits per heavy atom. The highest BCUT2D eigenvalue weighted by Gasteiger charge is 2.34. The van der Waals surface area contributed by atoms with Crippen molar-refractivity contribution in [1.29, 1.82) is 0 Å². The summed E-state index contributed by atoms with van der Waals surface area (Å²) in [6, 6.07) is 11.7. The van der Waals surface area contributed by atoms with Gasteiger partial charge < -0.3 is 15.2 Å². The standard InChI is InChI=1S/C21H22N2O5.ClH/c1-27-21(26)17-13-14(22)9-10-18(17)28-12-6-2-5-11-23-19(24)15-7-3-4-8-16(15)20(23)25;/h3-4,7-10,13H,2,5-6,11-12,22H2,1H3;1H. The van der Waals surface area contributed by atoms with Crippen LogP contribution in [0.5, 0.6) is 5.75 Å². The number of nitrogens with two attached hydrogens (primary N) is 1. The fraction of sp³-hybridized carbons (Fsp3) is 0.286. The molecule has 8 heteroatoms. The van der Waals surface area contributed by atoms with Gasteiger partial charge in [0.2, 0.25) is 0 Å². The van der Waals surface area contributed by atoms with Gasteiger partial charge in [-0.3, -0.25) is 14.5 Å². The lowest BCUT2D eigenvalue weighted by molar-refractivity contribution is 0.0594. The van der Waals surface area contributed by atoms with E-state index in [1.54, 1.807) is 36.4 Å². The molecule has 0 fully saturated rings. The lowest BCUT2D eigenvalue weighted by Crippen LogP contribution is -2.30. The molecule has 0 saturated carbocycles. The fourth-order valence-electron chi connectivity index (χ4n) is 3.12. The van der Waals surface area contributed by atoms with Crippen LogP contribution in [-0.4, -0.2) is 42.9 Å². The summed E-state index contributed by atoms with van der Waals surface area (Å²) in [4.78, 5) is 37.7. The summed E-state index contributed by atoms with van der Waals surface area (Å²) in [6.45, 7) is 0.775. The van der Waals surface area contributed by atoms with Crippen molar-refractivity contribution in [3.8, 4) is 5.75 Å². The van der Waals surface area contributed by atoms with E-state index in [9.17, 15) is 14.4 Å². The maximum atomic E-state index is 12.3. The van der Waals surface area contributed by atoms with Crippen LogP contribution in [0.3, 0.4) is 0 Å². The lowest BCUT2D eigenvalue weighted by Gasteiger charge is -2.14. The number of esters is 1. The van der Waals surface area contributed by atoms with E-state index < -0.39 is 5.97 Å². The number of unbranched alkanes of at least 4 members (excludes halogenated alkanes) is 2. The highest BCUT2D eigenvalue weighted by molar-refractivity contribution is 6.21. The van der Waals surface area contributed by atoms with Crippen LogP contribution in [0.1, 0.15) is 50.3 Å². The molecular weight excluding hydrogens is 396 g/mol. The number of methoxy groups -OCH3 is 1. The Balaban J connectivity index is 0.00000300. The van der Waals surface area contributed by atoms with Gasteiger partial charge in [0.05, 0.1) is 24.8 Å². The lowest BCUT2D eigenvalue weighted by atomic mass is 10.1. The molecule has 2 N–H and O–H groups in total. The summed E-state index contributed by atoms with van der Waals surface area (Å²) in [5.41, 5.74) is 7.38. The SMILES string of the molecule is COC(=O)c1cc(N)ccc1OCCCCCN1C(=O)c2ccccc2C1=O.Cl. The number of nitrogens with zero attached hydrogens (tertiary/aromatic N) is 1. The summed E-state index contributed by atoms with van der Waals surface area (Å²) < 4.78 is 10.4. The number of carbonyl (C=O) groups excluding carboxylic acids is 3. The van der Waals surface area contributed by atoms with Crippen molar-refractivity contribution in [2.75, 3.05) is 26.0 Å². The minimum atomic E-state index is -0.507. The molecule has 0 unspecified atom stereocenters. The summed E-state index contributed by atoms with van der Waals surface area (Å²) >= 11 is 0. The number of carbonyl (C=O) groups is 3. The summed E-state index contributed by atoms with van der Waals surface area (Å²) in [5, 5.41) is 0. The number of amides is 2. The largest absolute Gasteiger partial charge is 0.493 e. The highest BCUT2D eigenvalue weighted by atomic mass is 35.5. The zero-order chi connectivity index (χ0) is 20.1. The predicted octanol–water partition coefficient (Wildman–Crippen LogP) is 3.32. The third-order valence-electron chi connectivity index (χ3n) is 4.57. The zero-order valence-electron chi connectivity index (χ0n) is 16.1. The number of benzene rings is 2. The Morgan fingerprint density at radius 1 is 1.00 bits per heavy atom. The molecule has 2 amide bonds. The van der Waals surface area contributed by atoms with Crippen LogP contribution in [0, 0.1) is 0 Å². The normalized spacial score (nSPS) is 12.4. The molecule has 0 bridgehead atoms. The third-order valence-corrected chi connectivity index (χ3v) is 4.57. The van der Waals surface area contributed by atoms with Crippen molar-refractivity contribution < 1.29 is 23.9 Å². The molecule has 0 saturated heterocycles. The van der Waals surface area contributed by atoms with Crippen LogP contribution in [-0.2, 0) is 4.74 Å². The van der Waals surface area contributed by atoms with E-state index in [0.717, 1.165) is 6.42 Å². The van der Waals surface area contributed by atoms with Crippen molar-refractivity contribution in [3.05, 3.63) is 59.2 Å². The quantitative estimate of drug-likeness (QED) is 0.305. The van der Waals surface area contributed by atoms with Crippen molar-refractivity contribution in [2.24, 2.45) is 0 Å². The number of rotatable bonds is 8. The van der Waals surface area contributed by atoms with Gasteiger partial charge in [-0.15, -0.1) is 12.4 Å². The van der Waals surface area contributed by atoms with E-state index in [-0.39, 0.29) is 29.8 Å². The fourth-order valence-corrected chi connectivity index (χ4v) is 3.12. The number of nitrogen functional groups attached to an aromatic ring is 1. The van der Waals surface area contributed by atoms with Gasteiger partial charge in [-0.05, 0) is 49.6 Å². The van der Waals surface area contributed by atoms with Gasteiger partial charge in [0.15, 0.2) is 0 Å². The number of imide groups is 1. The van der Waals surface area contributed by atoms with E-state index in [1.165, 1.54) is 18.1 Å². The molecule has 154 valence electrons. The molecule has 0 atom stereocenters. The van der Waals surface area contributed by atoms with Crippen LogP contribution < -0.4 is 10.5 Å². The van der Waals surface area contributed by atoms with E-state index in [4.69, 9.17) is 15.2 Å². The van der Waals surface area contributed by atoms with Gasteiger partial charge in [0, 0.05) is 12.2 Å². The van der Waals surface area contributed by atoms with E-state index >= 15 is 0 Å². The summed E-state index contributed by atoms with van der Waals surface area (Å²) in [7, 11) is 1.30. The molecule has 1 heterocycles. The minimum absolute atomic E-state index is 0. The van der Waals surface area contributed by atoms with Crippen LogP contribution in [0.2, 0.25) is 0 Å². The van der Waals surface area contributed by atoms with Crippen molar-refractivity contribution in [2.45, 2.75) is 19.3 Å². The average Bonchev–Trinajstić information content (AvgIpc) is 2.95. The molecule has 2 aromatic rings. The molecule has 2 aromatic carbocycles. The highest BCUT2D eigenvalue weighted by Crippen LogP contribution is 2.24. The third kappa shape index (κ3) is 4.86. The monoisotopic (exact) mass is 418 g/mol. The maximum absolute atomic E-state index is 12.3. The molecule has 29 heavy (non-hydrogen) atoms. The first-order valence-corrected chi connectivity index (χ1v) is 9.09.